The molecule has 1 N–H and O–H groups in total. The highest BCUT2D eigenvalue weighted by Gasteiger charge is 2.10. The van der Waals surface area contributed by atoms with Crippen LogP contribution in [0.25, 0.3) is 10.2 Å². The molecule has 0 radical (unpaired) electrons. The molecule has 0 unspecified atom stereocenters. The summed E-state index contributed by atoms with van der Waals surface area (Å²) < 4.78 is 1.10. The van der Waals surface area contributed by atoms with Crippen molar-refractivity contribution in [3.63, 3.8) is 0 Å². The number of aromatic nitrogens is 1. The van der Waals surface area contributed by atoms with Gasteiger partial charge in [-0.1, -0.05) is 47.7 Å². The van der Waals surface area contributed by atoms with Crippen LogP contribution in [0.1, 0.15) is 12.0 Å². The molecule has 5 heteroatoms. The van der Waals surface area contributed by atoms with E-state index in [1.54, 1.807) is 11.8 Å². The van der Waals surface area contributed by atoms with E-state index < -0.39 is 0 Å². The lowest BCUT2D eigenvalue weighted by molar-refractivity contribution is -0.116. The average molecular weight is 328 g/mol. The highest BCUT2D eigenvalue weighted by molar-refractivity contribution is 7.98. The van der Waals surface area contributed by atoms with Gasteiger partial charge in [0.2, 0.25) is 5.91 Å². The summed E-state index contributed by atoms with van der Waals surface area (Å²) in [5.41, 5.74) is 2.14. The Morgan fingerprint density at radius 2 is 2.00 bits per heavy atom. The number of hydrogen-bond acceptors (Lipinski definition) is 4. The molecule has 3 rings (SSSR count). The van der Waals surface area contributed by atoms with Crippen LogP contribution in [0, 0.1) is 0 Å². The molecule has 1 aromatic heterocycles. The van der Waals surface area contributed by atoms with Gasteiger partial charge in [0.05, 0.1) is 10.2 Å². The Labute approximate surface area is 137 Å². The van der Waals surface area contributed by atoms with E-state index in [2.05, 4.69) is 10.3 Å². The van der Waals surface area contributed by atoms with Gasteiger partial charge < -0.3 is 5.32 Å². The Balaban J connectivity index is 1.66. The smallest absolute Gasteiger partial charge is 0.226 e. The summed E-state index contributed by atoms with van der Waals surface area (Å²) >= 11 is 3.19. The first kappa shape index (κ1) is 15.1. The number of para-hydroxylation sites is 1. The molecule has 0 spiro atoms. The zero-order chi connectivity index (χ0) is 15.4. The van der Waals surface area contributed by atoms with E-state index in [-0.39, 0.29) is 5.91 Å². The predicted octanol–water partition coefficient (Wildman–Crippen LogP) is 4.59. The number of nitrogens with one attached hydrogen (secondary N) is 1. The maximum absolute atomic E-state index is 12.1. The Hall–Kier alpha value is -1.85. The van der Waals surface area contributed by atoms with Crippen molar-refractivity contribution in [3.05, 3.63) is 54.1 Å². The molecule has 112 valence electrons. The zero-order valence-electron chi connectivity index (χ0n) is 12.2. The van der Waals surface area contributed by atoms with Gasteiger partial charge in [0.25, 0.3) is 0 Å². The SMILES string of the molecule is CSc1cccc2sc(NC(=O)CCc3ccccc3)nc12. The van der Waals surface area contributed by atoms with E-state index >= 15 is 0 Å². The first-order valence-electron chi connectivity index (χ1n) is 7.03. The second-order valence-corrected chi connectivity index (χ2v) is 6.74. The van der Waals surface area contributed by atoms with Gasteiger partial charge in [-0.15, -0.1) is 11.8 Å². The number of amides is 1. The largest absolute Gasteiger partial charge is 0.302 e. The van der Waals surface area contributed by atoms with Gasteiger partial charge >= 0.3 is 0 Å². The maximum atomic E-state index is 12.1. The Bertz CT molecular complexity index is 784. The zero-order valence-corrected chi connectivity index (χ0v) is 13.8. The first-order chi connectivity index (χ1) is 10.8. The number of carbonyl (C=O) groups excluding carboxylic acids is 1. The highest BCUT2D eigenvalue weighted by atomic mass is 32.2. The minimum absolute atomic E-state index is 0.00797. The molecule has 3 nitrogen and oxygen atoms in total. The van der Waals surface area contributed by atoms with Crippen LogP contribution in [-0.4, -0.2) is 17.1 Å². The predicted molar refractivity (Wildman–Crippen MR) is 94.8 cm³/mol. The third-order valence-corrected chi connectivity index (χ3v) is 5.04. The Morgan fingerprint density at radius 1 is 1.18 bits per heavy atom. The normalized spacial score (nSPS) is 10.8. The van der Waals surface area contributed by atoms with Crippen molar-refractivity contribution in [1.29, 1.82) is 0 Å². The third-order valence-electron chi connectivity index (χ3n) is 3.33. The van der Waals surface area contributed by atoms with Crippen molar-refractivity contribution < 1.29 is 4.79 Å². The molecule has 1 amide bonds. The molecule has 0 saturated carbocycles. The monoisotopic (exact) mass is 328 g/mol. The molecule has 0 aliphatic carbocycles. The summed E-state index contributed by atoms with van der Waals surface area (Å²) in [6, 6.07) is 16.1. The average Bonchev–Trinajstić information content (AvgIpc) is 2.96. The molecule has 0 aliphatic rings. The summed E-state index contributed by atoms with van der Waals surface area (Å²) in [5, 5.41) is 3.59. The first-order valence-corrected chi connectivity index (χ1v) is 9.08. The van der Waals surface area contributed by atoms with E-state index in [1.807, 2.05) is 54.8 Å². The van der Waals surface area contributed by atoms with Crippen molar-refractivity contribution in [2.24, 2.45) is 0 Å². The van der Waals surface area contributed by atoms with E-state index in [9.17, 15) is 4.79 Å². The van der Waals surface area contributed by atoms with Gasteiger partial charge in [-0.05, 0) is 30.4 Å². The molecule has 0 aliphatic heterocycles. The molecule has 2 aromatic carbocycles. The highest BCUT2D eigenvalue weighted by Crippen LogP contribution is 2.32. The van der Waals surface area contributed by atoms with Gasteiger partial charge in [-0.25, -0.2) is 4.98 Å². The molecular formula is C17H16N2OS2. The van der Waals surface area contributed by atoms with Crippen LogP contribution in [-0.2, 0) is 11.2 Å². The molecule has 22 heavy (non-hydrogen) atoms. The fraction of sp³-hybridized carbons (Fsp3) is 0.176. The van der Waals surface area contributed by atoms with Crippen LogP contribution in [0.5, 0.6) is 0 Å². The van der Waals surface area contributed by atoms with Gasteiger partial charge in [0, 0.05) is 11.3 Å². The summed E-state index contributed by atoms with van der Waals surface area (Å²) in [4.78, 5) is 17.7. The second-order valence-electron chi connectivity index (χ2n) is 4.86. The summed E-state index contributed by atoms with van der Waals surface area (Å²) in [5.74, 6) is 0.00797. The molecule has 0 saturated heterocycles. The van der Waals surface area contributed by atoms with Crippen molar-refractivity contribution in [2.75, 3.05) is 11.6 Å². The molecule has 1 heterocycles. The van der Waals surface area contributed by atoms with Crippen LogP contribution in [0.2, 0.25) is 0 Å². The van der Waals surface area contributed by atoms with E-state index in [1.165, 1.54) is 16.9 Å². The number of hydrogen-bond donors (Lipinski definition) is 1. The number of thioether (sulfide) groups is 1. The number of rotatable bonds is 5. The fourth-order valence-corrected chi connectivity index (χ4v) is 3.76. The van der Waals surface area contributed by atoms with Gasteiger partial charge in [-0.2, -0.15) is 0 Å². The fourth-order valence-electron chi connectivity index (χ4n) is 2.23. The van der Waals surface area contributed by atoms with Crippen molar-refractivity contribution >= 4 is 44.4 Å². The molecule has 0 fully saturated rings. The number of aryl methyl sites for hydroxylation is 1. The van der Waals surface area contributed by atoms with Crippen molar-refractivity contribution in [3.8, 4) is 0 Å². The van der Waals surface area contributed by atoms with Gasteiger partial charge in [-0.3, -0.25) is 4.79 Å². The summed E-state index contributed by atoms with van der Waals surface area (Å²) in [6.45, 7) is 0. The second kappa shape index (κ2) is 6.94. The number of benzene rings is 2. The summed E-state index contributed by atoms with van der Waals surface area (Å²) in [7, 11) is 0. The number of fused-ring (bicyclic) bond motifs is 1. The van der Waals surface area contributed by atoms with Crippen LogP contribution in [0.3, 0.4) is 0 Å². The lowest BCUT2D eigenvalue weighted by atomic mass is 10.1. The van der Waals surface area contributed by atoms with Crippen LogP contribution < -0.4 is 5.32 Å². The number of thiazole rings is 1. The molecular weight excluding hydrogens is 312 g/mol. The van der Waals surface area contributed by atoms with E-state index in [4.69, 9.17) is 0 Å². The van der Waals surface area contributed by atoms with Crippen LogP contribution in [0.15, 0.2) is 53.4 Å². The minimum atomic E-state index is 0.00797. The topological polar surface area (TPSA) is 42.0 Å². The van der Waals surface area contributed by atoms with E-state index in [0.29, 0.717) is 11.6 Å². The van der Waals surface area contributed by atoms with Gasteiger partial charge in [0.15, 0.2) is 5.13 Å². The molecule has 0 bridgehead atoms. The summed E-state index contributed by atoms with van der Waals surface area (Å²) in [6.07, 6.45) is 3.25. The molecule has 3 aromatic rings. The van der Waals surface area contributed by atoms with Gasteiger partial charge in [0.1, 0.15) is 0 Å². The lowest BCUT2D eigenvalue weighted by Gasteiger charge is -2.01. The van der Waals surface area contributed by atoms with Crippen LogP contribution >= 0.6 is 23.1 Å². The quantitative estimate of drug-likeness (QED) is 0.697. The standard InChI is InChI=1S/C17H16N2OS2/c1-21-13-8-5-9-14-16(13)19-17(22-14)18-15(20)11-10-12-6-3-2-4-7-12/h2-9H,10-11H2,1H3,(H,18,19,20). The van der Waals surface area contributed by atoms with Crippen LogP contribution in [0.4, 0.5) is 5.13 Å². The number of anilines is 1. The number of carbonyl (C=O) groups is 1. The Morgan fingerprint density at radius 3 is 2.77 bits per heavy atom. The Kier molecular flexibility index (Phi) is 4.75. The van der Waals surface area contributed by atoms with Crippen molar-refractivity contribution in [1.82, 2.24) is 4.98 Å². The minimum Gasteiger partial charge on any atom is -0.302 e. The molecule has 0 atom stereocenters. The number of nitrogens with zero attached hydrogens (tertiary/aromatic N) is 1. The van der Waals surface area contributed by atoms with Crippen molar-refractivity contribution in [2.45, 2.75) is 17.7 Å². The maximum Gasteiger partial charge on any atom is 0.226 e. The lowest BCUT2D eigenvalue weighted by Crippen LogP contribution is -2.12. The third kappa shape index (κ3) is 3.48. The van der Waals surface area contributed by atoms with E-state index in [0.717, 1.165) is 21.5 Å².